The standard InChI is InChI=1S/C17H26ClN3O2/c1-14(23-16-7-4-3-6-15(16)18)17(22)19-8-5-9-21-12-10-20(2)11-13-21/h3-4,6-7,14H,5,8-13H2,1-2H3,(H,19,22)/t14-/m0/s1. The molecule has 0 saturated carbocycles. The number of nitrogens with one attached hydrogen (secondary N) is 1. The number of hydrogen-bond acceptors (Lipinski definition) is 4. The van der Waals surface area contributed by atoms with Gasteiger partial charge in [0.25, 0.3) is 5.91 Å². The maximum atomic E-state index is 12.1. The first-order chi connectivity index (χ1) is 11.1. The molecule has 23 heavy (non-hydrogen) atoms. The van der Waals surface area contributed by atoms with Gasteiger partial charge in [-0.25, -0.2) is 0 Å². The van der Waals surface area contributed by atoms with Crippen LogP contribution in [-0.2, 0) is 4.79 Å². The second kappa shape index (κ2) is 9.11. The number of carbonyl (C=O) groups is 1. The molecule has 128 valence electrons. The summed E-state index contributed by atoms with van der Waals surface area (Å²) in [6, 6.07) is 7.18. The fourth-order valence-electron chi connectivity index (χ4n) is 2.51. The third-order valence-electron chi connectivity index (χ3n) is 4.06. The summed E-state index contributed by atoms with van der Waals surface area (Å²) in [5, 5.41) is 3.44. The van der Waals surface area contributed by atoms with Crippen LogP contribution in [0.2, 0.25) is 5.02 Å². The minimum Gasteiger partial charge on any atom is -0.479 e. The van der Waals surface area contributed by atoms with E-state index in [1.807, 2.05) is 12.1 Å². The Morgan fingerprint density at radius 2 is 2.00 bits per heavy atom. The van der Waals surface area contributed by atoms with Crippen molar-refractivity contribution in [1.82, 2.24) is 15.1 Å². The Morgan fingerprint density at radius 1 is 1.30 bits per heavy atom. The van der Waals surface area contributed by atoms with Crippen LogP contribution in [-0.4, -0.2) is 68.1 Å². The minimum atomic E-state index is -0.557. The van der Waals surface area contributed by atoms with E-state index in [4.69, 9.17) is 16.3 Å². The summed E-state index contributed by atoms with van der Waals surface area (Å²) in [6.07, 6.45) is 0.396. The fraction of sp³-hybridized carbons (Fsp3) is 0.588. The first-order valence-corrected chi connectivity index (χ1v) is 8.54. The highest BCUT2D eigenvalue weighted by molar-refractivity contribution is 6.32. The molecule has 1 fully saturated rings. The van der Waals surface area contributed by atoms with Crippen LogP contribution in [0, 0.1) is 0 Å². The van der Waals surface area contributed by atoms with Gasteiger partial charge in [0.2, 0.25) is 0 Å². The van der Waals surface area contributed by atoms with Gasteiger partial charge in [0, 0.05) is 32.7 Å². The number of amides is 1. The van der Waals surface area contributed by atoms with E-state index in [1.54, 1.807) is 19.1 Å². The molecule has 0 bridgehead atoms. The monoisotopic (exact) mass is 339 g/mol. The summed E-state index contributed by atoms with van der Waals surface area (Å²) in [7, 11) is 2.15. The maximum Gasteiger partial charge on any atom is 0.260 e. The zero-order chi connectivity index (χ0) is 16.7. The van der Waals surface area contributed by atoms with Crippen LogP contribution in [0.4, 0.5) is 0 Å². The molecule has 1 aliphatic heterocycles. The van der Waals surface area contributed by atoms with Crippen LogP contribution in [0.5, 0.6) is 5.75 Å². The van der Waals surface area contributed by atoms with Gasteiger partial charge in [-0.2, -0.15) is 0 Å². The van der Waals surface area contributed by atoms with Gasteiger partial charge in [-0.15, -0.1) is 0 Å². The van der Waals surface area contributed by atoms with Crippen molar-refractivity contribution in [3.05, 3.63) is 29.3 Å². The quantitative estimate of drug-likeness (QED) is 0.770. The molecule has 0 unspecified atom stereocenters. The van der Waals surface area contributed by atoms with E-state index >= 15 is 0 Å². The van der Waals surface area contributed by atoms with E-state index in [2.05, 4.69) is 22.2 Å². The van der Waals surface area contributed by atoms with E-state index in [1.165, 1.54) is 0 Å². The smallest absolute Gasteiger partial charge is 0.260 e. The molecule has 1 saturated heterocycles. The molecule has 6 heteroatoms. The zero-order valence-corrected chi connectivity index (χ0v) is 14.7. The van der Waals surface area contributed by atoms with Crippen LogP contribution in [0.1, 0.15) is 13.3 Å². The van der Waals surface area contributed by atoms with E-state index < -0.39 is 6.10 Å². The SMILES string of the molecule is C[C@H](Oc1ccccc1Cl)C(=O)NCCCN1CCN(C)CC1. The first kappa shape index (κ1) is 18.0. The summed E-state index contributed by atoms with van der Waals surface area (Å²) in [6.45, 7) is 7.88. The van der Waals surface area contributed by atoms with Crippen LogP contribution >= 0.6 is 11.6 Å². The number of halogens is 1. The second-order valence-electron chi connectivity index (χ2n) is 5.98. The van der Waals surface area contributed by atoms with Crippen molar-refractivity contribution >= 4 is 17.5 Å². The molecular weight excluding hydrogens is 314 g/mol. The van der Waals surface area contributed by atoms with Crippen molar-refractivity contribution < 1.29 is 9.53 Å². The molecular formula is C17H26ClN3O2. The predicted octanol–water partition coefficient (Wildman–Crippen LogP) is 1.86. The molecule has 1 aromatic carbocycles. The molecule has 0 aliphatic carbocycles. The molecule has 0 radical (unpaired) electrons. The molecule has 1 N–H and O–H groups in total. The number of likely N-dealkylation sites (N-methyl/N-ethyl adjacent to an activating group) is 1. The number of piperazine rings is 1. The van der Waals surface area contributed by atoms with E-state index in [-0.39, 0.29) is 5.91 Å². The predicted molar refractivity (Wildman–Crippen MR) is 93.1 cm³/mol. The highest BCUT2D eigenvalue weighted by atomic mass is 35.5. The number of hydrogen-bond donors (Lipinski definition) is 1. The number of rotatable bonds is 7. The van der Waals surface area contributed by atoms with E-state index in [9.17, 15) is 4.79 Å². The Bertz CT molecular complexity index is 504. The van der Waals surface area contributed by atoms with Gasteiger partial charge in [-0.05, 0) is 39.1 Å². The van der Waals surface area contributed by atoms with Crippen LogP contribution in [0.25, 0.3) is 0 Å². The Kier molecular flexibility index (Phi) is 7.15. The largest absolute Gasteiger partial charge is 0.479 e. The summed E-state index contributed by atoms with van der Waals surface area (Å²) < 4.78 is 5.61. The van der Waals surface area contributed by atoms with Crippen molar-refractivity contribution in [3.63, 3.8) is 0 Å². The van der Waals surface area contributed by atoms with Crippen LogP contribution in [0.15, 0.2) is 24.3 Å². The van der Waals surface area contributed by atoms with Crippen LogP contribution < -0.4 is 10.1 Å². The zero-order valence-electron chi connectivity index (χ0n) is 13.9. The van der Waals surface area contributed by atoms with Crippen molar-refractivity contribution in [2.45, 2.75) is 19.4 Å². The summed E-state index contributed by atoms with van der Waals surface area (Å²) in [5.74, 6) is 0.428. The molecule has 1 aromatic rings. The normalized spacial score (nSPS) is 17.7. The number of para-hydroxylation sites is 1. The average Bonchev–Trinajstić information content (AvgIpc) is 2.55. The minimum absolute atomic E-state index is 0.108. The van der Waals surface area contributed by atoms with Crippen molar-refractivity contribution in [1.29, 1.82) is 0 Å². The summed E-state index contributed by atoms with van der Waals surface area (Å²) in [5.41, 5.74) is 0. The lowest BCUT2D eigenvalue weighted by molar-refractivity contribution is -0.127. The van der Waals surface area contributed by atoms with Crippen molar-refractivity contribution in [2.24, 2.45) is 0 Å². The van der Waals surface area contributed by atoms with Gasteiger partial charge < -0.3 is 19.9 Å². The summed E-state index contributed by atoms with van der Waals surface area (Å²) in [4.78, 5) is 16.8. The Balaban J connectivity index is 1.63. The average molecular weight is 340 g/mol. The number of carbonyl (C=O) groups excluding carboxylic acids is 1. The highest BCUT2D eigenvalue weighted by Gasteiger charge is 2.16. The van der Waals surface area contributed by atoms with Gasteiger partial charge in [0.15, 0.2) is 6.10 Å². The second-order valence-corrected chi connectivity index (χ2v) is 6.39. The fourth-order valence-corrected chi connectivity index (χ4v) is 2.69. The topological polar surface area (TPSA) is 44.8 Å². The van der Waals surface area contributed by atoms with E-state index in [0.29, 0.717) is 17.3 Å². The summed E-state index contributed by atoms with van der Waals surface area (Å²) >= 11 is 6.03. The molecule has 2 rings (SSSR count). The van der Waals surface area contributed by atoms with E-state index in [0.717, 1.165) is 39.1 Å². The number of nitrogens with zero attached hydrogens (tertiary/aromatic N) is 2. The Morgan fingerprint density at radius 3 is 2.70 bits per heavy atom. The third kappa shape index (κ3) is 6.01. The molecule has 1 aliphatic rings. The van der Waals surface area contributed by atoms with Crippen molar-refractivity contribution in [2.75, 3.05) is 46.3 Å². The number of benzene rings is 1. The highest BCUT2D eigenvalue weighted by Crippen LogP contribution is 2.24. The maximum absolute atomic E-state index is 12.1. The van der Waals surface area contributed by atoms with Crippen LogP contribution in [0.3, 0.4) is 0 Å². The number of ether oxygens (including phenoxy) is 1. The third-order valence-corrected chi connectivity index (χ3v) is 4.37. The van der Waals surface area contributed by atoms with Gasteiger partial charge in [-0.3, -0.25) is 4.79 Å². The Hall–Kier alpha value is -1.30. The molecule has 0 spiro atoms. The van der Waals surface area contributed by atoms with Gasteiger partial charge >= 0.3 is 0 Å². The molecule has 1 heterocycles. The molecule has 5 nitrogen and oxygen atoms in total. The van der Waals surface area contributed by atoms with Gasteiger partial charge in [0.1, 0.15) is 5.75 Å². The molecule has 0 aromatic heterocycles. The Labute approximate surface area is 143 Å². The lowest BCUT2D eigenvalue weighted by Crippen LogP contribution is -2.45. The lowest BCUT2D eigenvalue weighted by Gasteiger charge is -2.32. The molecule has 1 amide bonds. The first-order valence-electron chi connectivity index (χ1n) is 8.16. The van der Waals surface area contributed by atoms with Gasteiger partial charge in [0.05, 0.1) is 5.02 Å². The van der Waals surface area contributed by atoms with Gasteiger partial charge in [-0.1, -0.05) is 23.7 Å². The van der Waals surface area contributed by atoms with Crippen molar-refractivity contribution in [3.8, 4) is 5.75 Å². The molecule has 1 atom stereocenters. The lowest BCUT2D eigenvalue weighted by atomic mass is 10.3.